The molecule has 1 aromatic carbocycles. The van der Waals surface area contributed by atoms with Crippen LogP contribution in [0.4, 0.5) is 0 Å². The second-order valence-electron chi connectivity index (χ2n) is 3.31. The zero-order chi connectivity index (χ0) is 13.5. The lowest BCUT2D eigenvalue weighted by molar-refractivity contribution is -0.157. The van der Waals surface area contributed by atoms with Gasteiger partial charge in [0.1, 0.15) is 0 Å². The van der Waals surface area contributed by atoms with E-state index in [1.807, 2.05) is 0 Å². The minimum atomic E-state index is -1.72. The predicted octanol–water partition coefficient (Wildman–Crippen LogP) is 0.260. The van der Waals surface area contributed by atoms with Gasteiger partial charge in [0.05, 0.1) is 12.2 Å². The molecule has 0 bridgehead atoms. The number of benzene rings is 1. The molecule has 0 aliphatic rings. The summed E-state index contributed by atoms with van der Waals surface area (Å²) >= 11 is 0. The first kappa shape index (κ1) is 13.7. The molecule has 2 N–H and O–H groups in total. The van der Waals surface area contributed by atoms with E-state index in [0.29, 0.717) is 0 Å². The fourth-order valence-electron chi connectivity index (χ4n) is 1.19. The maximum Gasteiger partial charge on any atom is 0.357 e. The Kier molecular flexibility index (Phi) is 4.86. The van der Waals surface area contributed by atoms with E-state index in [4.69, 9.17) is 10.5 Å². The third-order valence-corrected chi connectivity index (χ3v) is 1.99. The molecular weight excluding hydrogens is 238 g/mol. The molecule has 0 saturated carbocycles. The Labute approximate surface area is 104 Å². The molecule has 1 unspecified atom stereocenters. The molecule has 0 aromatic heterocycles. The van der Waals surface area contributed by atoms with Gasteiger partial charge in [0.15, 0.2) is 0 Å². The van der Waals surface area contributed by atoms with Crippen LogP contribution >= 0.6 is 0 Å². The second-order valence-corrected chi connectivity index (χ2v) is 3.31. The molecule has 0 saturated heterocycles. The number of nitrogens with two attached hydrogens (primary N) is 1. The van der Waals surface area contributed by atoms with Crippen molar-refractivity contribution >= 4 is 17.8 Å². The number of carbonyl (C=O) groups excluding carboxylic acids is 3. The van der Waals surface area contributed by atoms with Gasteiger partial charge >= 0.3 is 11.9 Å². The topological polar surface area (TPSA) is 95.7 Å². The summed E-state index contributed by atoms with van der Waals surface area (Å²) in [4.78, 5) is 34.0. The van der Waals surface area contributed by atoms with Crippen LogP contribution in [0.5, 0.6) is 0 Å². The van der Waals surface area contributed by atoms with Crippen LogP contribution in [-0.2, 0) is 19.1 Å². The molecule has 0 aliphatic carbocycles. The smallest absolute Gasteiger partial charge is 0.357 e. The first-order chi connectivity index (χ1) is 8.56. The number of hydrogen-bond acceptors (Lipinski definition) is 5. The molecular formula is C12H13NO5. The Hall–Kier alpha value is -2.37. The average molecular weight is 251 g/mol. The Bertz CT molecular complexity index is 443. The summed E-state index contributed by atoms with van der Waals surface area (Å²) in [7, 11) is 0. The maximum absolute atomic E-state index is 11.6. The molecule has 0 aliphatic heterocycles. The van der Waals surface area contributed by atoms with E-state index in [2.05, 4.69) is 4.74 Å². The van der Waals surface area contributed by atoms with Crippen LogP contribution in [0.15, 0.2) is 30.3 Å². The van der Waals surface area contributed by atoms with Crippen LogP contribution in [-0.4, -0.2) is 30.6 Å². The Balaban J connectivity index is 2.76. The van der Waals surface area contributed by atoms with E-state index in [0.717, 1.165) is 0 Å². The van der Waals surface area contributed by atoms with Gasteiger partial charge in [0.25, 0.3) is 12.0 Å². The van der Waals surface area contributed by atoms with Gasteiger partial charge in [-0.15, -0.1) is 0 Å². The molecule has 0 heterocycles. The molecule has 6 heteroatoms. The van der Waals surface area contributed by atoms with Gasteiger partial charge in [-0.2, -0.15) is 0 Å². The van der Waals surface area contributed by atoms with Crippen LogP contribution < -0.4 is 5.73 Å². The van der Waals surface area contributed by atoms with E-state index in [9.17, 15) is 14.4 Å². The summed E-state index contributed by atoms with van der Waals surface area (Å²) in [6, 6.07) is 7.95. The molecule has 1 amide bonds. The van der Waals surface area contributed by atoms with Crippen molar-refractivity contribution in [3.05, 3.63) is 35.9 Å². The normalized spacial score (nSPS) is 11.4. The number of ether oxygens (including phenoxy) is 2. The molecule has 0 spiro atoms. The minimum Gasteiger partial charge on any atom is -0.463 e. The van der Waals surface area contributed by atoms with Gasteiger partial charge in [-0.25, -0.2) is 9.59 Å². The summed E-state index contributed by atoms with van der Waals surface area (Å²) in [6.07, 6.45) is -1.72. The number of primary amides is 1. The van der Waals surface area contributed by atoms with Gasteiger partial charge < -0.3 is 15.2 Å². The van der Waals surface area contributed by atoms with Gasteiger partial charge in [-0.3, -0.25) is 4.79 Å². The highest BCUT2D eigenvalue weighted by Gasteiger charge is 2.30. The lowest BCUT2D eigenvalue weighted by Crippen LogP contribution is -2.40. The summed E-state index contributed by atoms with van der Waals surface area (Å²) in [5, 5.41) is 0. The first-order valence-corrected chi connectivity index (χ1v) is 5.28. The number of esters is 2. The average Bonchev–Trinajstić information content (AvgIpc) is 2.36. The predicted molar refractivity (Wildman–Crippen MR) is 61.5 cm³/mol. The van der Waals surface area contributed by atoms with E-state index >= 15 is 0 Å². The van der Waals surface area contributed by atoms with Crippen molar-refractivity contribution in [1.29, 1.82) is 0 Å². The van der Waals surface area contributed by atoms with Crippen LogP contribution in [0.25, 0.3) is 0 Å². The highest BCUT2D eigenvalue weighted by molar-refractivity contribution is 6.03. The summed E-state index contributed by atoms with van der Waals surface area (Å²) in [6.45, 7) is 1.63. The van der Waals surface area contributed by atoms with E-state index in [-0.39, 0.29) is 12.2 Å². The third-order valence-electron chi connectivity index (χ3n) is 1.99. The Morgan fingerprint density at radius 1 is 1.22 bits per heavy atom. The summed E-state index contributed by atoms with van der Waals surface area (Å²) in [5.41, 5.74) is 5.19. The molecule has 96 valence electrons. The summed E-state index contributed by atoms with van der Waals surface area (Å²) < 4.78 is 9.31. The number of rotatable bonds is 5. The maximum atomic E-state index is 11.6. The molecule has 6 nitrogen and oxygen atoms in total. The van der Waals surface area contributed by atoms with Crippen LogP contribution in [0.3, 0.4) is 0 Å². The Morgan fingerprint density at radius 2 is 1.83 bits per heavy atom. The van der Waals surface area contributed by atoms with Gasteiger partial charge in [-0.1, -0.05) is 18.2 Å². The first-order valence-electron chi connectivity index (χ1n) is 5.28. The van der Waals surface area contributed by atoms with Gasteiger partial charge in [-0.05, 0) is 19.1 Å². The summed E-state index contributed by atoms with van der Waals surface area (Å²) in [5.74, 6) is -2.86. The number of hydrogen-bond donors (Lipinski definition) is 1. The van der Waals surface area contributed by atoms with Crippen molar-refractivity contribution in [2.45, 2.75) is 13.0 Å². The second kappa shape index (κ2) is 6.39. The molecule has 0 radical (unpaired) electrons. The largest absolute Gasteiger partial charge is 0.463 e. The van der Waals surface area contributed by atoms with E-state index in [1.54, 1.807) is 25.1 Å². The fraction of sp³-hybridized carbons (Fsp3) is 0.250. The van der Waals surface area contributed by atoms with Crippen molar-refractivity contribution in [3.8, 4) is 0 Å². The molecule has 1 rings (SSSR count). The fourth-order valence-corrected chi connectivity index (χ4v) is 1.19. The molecule has 0 fully saturated rings. The molecule has 1 atom stereocenters. The highest BCUT2D eigenvalue weighted by atomic mass is 16.6. The zero-order valence-corrected chi connectivity index (χ0v) is 9.79. The van der Waals surface area contributed by atoms with Crippen molar-refractivity contribution in [2.75, 3.05) is 6.61 Å². The lowest BCUT2D eigenvalue weighted by atomic mass is 10.2. The molecule has 1 aromatic rings. The zero-order valence-electron chi connectivity index (χ0n) is 9.79. The quantitative estimate of drug-likeness (QED) is 0.598. The number of carbonyl (C=O) groups is 3. The SMILES string of the molecule is CCOC(=O)C(OC(=O)c1ccccc1)C(N)=O. The minimum absolute atomic E-state index is 0.0610. The molecule has 18 heavy (non-hydrogen) atoms. The van der Waals surface area contributed by atoms with Crippen LogP contribution in [0.1, 0.15) is 17.3 Å². The van der Waals surface area contributed by atoms with E-state index < -0.39 is 23.9 Å². The standard InChI is InChI=1S/C12H13NO5/c1-2-17-12(16)9(10(13)14)18-11(15)8-6-4-3-5-7-8/h3-7,9H,2H2,1H3,(H2,13,14). The van der Waals surface area contributed by atoms with Crippen molar-refractivity contribution in [2.24, 2.45) is 5.73 Å². The van der Waals surface area contributed by atoms with Crippen LogP contribution in [0.2, 0.25) is 0 Å². The Morgan fingerprint density at radius 3 is 2.33 bits per heavy atom. The van der Waals surface area contributed by atoms with Crippen molar-refractivity contribution in [1.82, 2.24) is 0 Å². The lowest BCUT2D eigenvalue weighted by Gasteiger charge is -2.13. The highest BCUT2D eigenvalue weighted by Crippen LogP contribution is 2.05. The van der Waals surface area contributed by atoms with Crippen molar-refractivity contribution in [3.63, 3.8) is 0 Å². The number of amides is 1. The third kappa shape index (κ3) is 3.58. The van der Waals surface area contributed by atoms with Crippen LogP contribution in [0, 0.1) is 0 Å². The van der Waals surface area contributed by atoms with E-state index in [1.165, 1.54) is 12.1 Å². The van der Waals surface area contributed by atoms with Crippen molar-refractivity contribution < 1.29 is 23.9 Å². The monoisotopic (exact) mass is 251 g/mol. The van der Waals surface area contributed by atoms with Gasteiger partial charge in [0, 0.05) is 0 Å². The van der Waals surface area contributed by atoms with Gasteiger partial charge in [0.2, 0.25) is 0 Å².